The number of halogens is 2. The number of carbonyl (C=O) groups is 1. The van der Waals surface area contributed by atoms with Crippen LogP contribution in [0.2, 0.25) is 0 Å². The van der Waals surface area contributed by atoms with Crippen molar-refractivity contribution in [2.75, 3.05) is 32.7 Å². The van der Waals surface area contributed by atoms with Crippen LogP contribution in [0.25, 0.3) is 0 Å². The molecule has 3 rings (SSSR count). The first-order valence-corrected chi connectivity index (χ1v) is 9.54. The van der Waals surface area contributed by atoms with Crippen LogP contribution in [0.1, 0.15) is 31.4 Å². The van der Waals surface area contributed by atoms with Crippen LogP contribution in [-0.2, 0) is 11.3 Å². The predicted molar refractivity (Wildman–Crippen MR) is 95.8 cm³/mol. The number of nitrogens with zero attached hydrogens (tertiary/aromatic N) is 3. The van der Waals surface area contributed by atoms with Gasteiger partial charge in [0.25, 0.3) is 6.43 Å². The average Bonchev–Trinajstić information content (AvgIpc) is 2.67. The van der Waals surface area contributed by atoms with E-state index in [1.54, 1.807) is 6.20 Å². The van der Waals surface area contributed by atoms with Gasteiger partial charge in [-0.15, -0.1) is 0 Å². The summed E-state index contributed by atoms with van der Waals surface area (Å²) < 4.78 is 25.0. The lowest BCUT2D eigenvalue weighted by Gasteiger charge is -2.42. The number of hydrogen-bond acceptors (Lipinski definition) is 4. The summed E-state index contributed by atoms with van der Waals surface area (Å²) in [5, 5.41) is 3.00. The highest BCUT2D eigenvalue weighted by Gasteiger charge is 2.31. The van der Waals surface area contributed by atoms with Crippen molar-refractivity contribution in [2.24, 2.45) is 5.92 Å². The van der Waals surface area contributed by atoms with Crippen LogP contribution < -0.4 is 5.32 Å². The molecule has 2 fully saturated rings. The topological polar surface area (TPSA) is 48.5 Å². The van der Waals surface area contributed by atoms with Gasteiger partial charge in [-0.25, -0.2) is 8.78 Å². The molecule has 0 unspecified atom stereocenters. The third-order valence-corrected chi connectivity index (χ3v) is 5.46. The van der Waals surface area contributed by atoms with E-state index in [-0.39, 0.29) is 18.4 Å². The molecule has 2 aliphatic heterocycles. The molecule has 0 aromatic carbocycles. The van der Waals surface area contributed by atoms with Gasteiger partial charge < -0.3 is 5.32 Å². The Balaban J connectivity index is 1.44. The first-order chi connectivity index (χ1) is 12.6. The van der Waals surface area contributed by atoms with Gasteiger partial charge in [-0.3, -0.25) is 19.6 Å². The molecule has 2 aliphatic rings. The summed E-state index contributed by atoms with van der Waals surface area (Å²) in [5.41, 5.74) is 0.861. The average molecular weight is 366 g/mol. The van der Waals surface area contributed by atoms with Crippen molar-refractivity contribution < 1.29 is 13.6 Å². The minimum absolute atomic E-state index is 0.00607. The Morgan fingerprint density at radius 3 is 2.73 bits per heavy atom. The van der Waals surface area contributed by atoms with Crippen molar-refractivity contribution in [1.29, 1.82) is 0 Å². The summed E-state index contributed by atoms with van der Waals surface area (Å²) in [5.74, 6) is 0.0991. The van der Waals surface area contributed by atoms with Crippen molar-refractivity contribution in [3.63, 3.8) is 0 Å². The first kappa shape index (κ1) is 19.2. The van der Waals surface area contributed by atoms with Gasteiger partial charge in [-0.05, 0) is 57.5 Å². The third-order valence-electron chi connectivity index (χ3n) is 5.46. The van der Waals surface area contributed by atoms with Crippen LogP contribution in [0.3, 0.4) is 0 Å². The summed E-state index contributed by atoms with van der Waals surface area (Å²) in [4.78, 5) is 21.0. The van der Waals surface area contributed by atoms with Crippen molar-refractivity contribution in [2.45, 2.75) is 44.7 Å². The lowest BCUT2D eigenvalue weighted by atomic mass is 9.93. The Hall–Kier alpha value is -1.60. The monoisotopic (exact) mass is 366 g/mol. The molecule has 26 heavy (non-hydrogen) atoms. The van der Waals surface area contributed by atoms with Crippen LogP contribution in [0.4, 0.5) is 8.78 Å². The van der Waals surface area contributed by atoms with Gasteiger partial charge in [0.05, 0.1) is 24.7 Å². The molecule has 1 atom stereocenters. The molecule has 0 spiro atoms. The molecule has 5 nitrogen and oxygen atoms in total. The highest BCUT2D eigenvalue weighted by molar-refractivity contribution is 5.78. The molecule has 1 aromatic rings. The van der Waals surface area contributed by atoms with Gasteiger partial charge in [0.2, 0.25) is 5.91 Å². The summed E-state index contributed by atoms with van der Waals surface area (Å²) in [6, 6.07) is 6.09. The number of alkyl halides is 2. The minimum atomic E-state index is -2.26. The van der Waals surface area contributed by atoms with E-state index in [0.29, 0.717) is 12.6 Å². The molecule has 0 bridgehead atoms. The van der Waals surface area contributed by atoms with E-state index >= 15 is 0 Å². The number of amides is 1. The van der Waals surface area contributed by atoms with Crippen LogP contribution in [-0.4, -0.2) is 65.9 Å². The normalized spacial score (nSPS) is 23.3. The molecule has 144 valence electrons. The summed E-state index contributed by atoms with van der Waals surface area (Å²) in [6.07, 6.45) is 3.22. The Morgan fingerprint density at radius 2 is 2.04 bits per heavy atom. The number of likely N-dealkylation sites (tertiary alicyclic amines) is 2. The zero-order chi connectivity index (χ0) is 18.4. The van der Waals surface area contributed by atoms with E-state index in [2.05, 4.69) is 15.2 Å². The number of pyridine rings is 1. The second-order valence-corrected chi connectivity index (χ2v) is 7.30. The lowest BCUT2D eigenvalue weighted by Crippen LogP contribution is -2.51. The maximum atomic E-state index is 12.5. The van der Waals surface area contributed by atoms with E-state index in [9.17, 15) is 13.6 Å². The molecule has 3 heterocycles. The van der Waals surface area contributed by atoms with Gasteiger partial charge in [-0.2, -0.15) is 0 Å². The van der Waals surface area contributed by atoms with Crippen LogP contribution in [0, 0.1) is 5.92 Å². The molecular formula is C19H28F2N4O. The standard InChI is InChI=1S/C19H28F2N4O/c20-18(21)14-24-10-6-17(7-11-24)25-9-3-4-15(13-25)19(26)23-12-16-5-1-2-8-22-16/h1-2,5,8,15,17-18H,3-4,6-7,9-14H2,(H,23,26)/t15-/m0/s1. The SMILES string of the molecule is O=C(NCc1ccccn1)[C@H]1CCCN(C2CCN(CC(F)F)CC2)C1. The first-order valence-electron chi connectivity index (χ1n) is 9.54. The van der Waals surface area contributed by atoms with E-state index in [1.807, 2.05) is 23.1 Å². The number of rotatable bonds is 6. The molecule has 0 aliphatic carbocycles. The van der Waals surface area contributed by atoms with Crippen molar-refractivity contribution in [3.8, 4) is 0 Å². The van der Waals surface area contributed by atoms with E-state index in [1.165, 1.54) is 0 Å². The molecule has 1 aromatic heterocycles. The maximum Gasteiger partial charge on any atom is 0.251 e. The van der Waals surface area contributed by atoms with Crippen molar-refractivity contribution in [1.82, 2.24) is 20.1 Å². The van der Waals surface area contributed by atoms with Gasteiger partial charge in [0.15, 0.2) is 0 Å². The summed E-state index contributed by atoms with van der Waals surface area (Å²) in [7, 11) is 0. The predicted octanol–water partition coefficient (Wildman–Crippen LogP) is 2.14. The van der Waals surface area contributed by atoms with Crippen LogP contribution >= 0.6 is 0 Å². The van der Waals surface area contributed by atoms with Gasteiger partial charge >= 0.3 is 0 Å². The number of carbonyl (C=O) groups excluding carboxylic acids is 1. The number of piperidine rings is 2. The molecule has 0 radical (unpaired) electrons. The van der Waals surface area contributed by atoms with E-state index < -0.39 is 6.43 Å². The Kier molecular flexibility index (Phi) is 6.91. The van der Waals surface area contributed by atoms with Gasteiger partial charge in [0, 0.05) is 18.8 Å². The quantitative estimate of drug-likeness (QED) is 0.838. The molecular weight excluding hydrogens is 338 g/mol. The molecule has 1 N–H and O–H groups in total. The Morgan fingerprint density at radius 1 is 1.23 bits per heavy atom. The number of aromatic nitrogens is 1. The van der Waals surface area contributed by atoms with Crippen molar-refractivity contribution >= 4 is 5.91 Å². The fourth-order valence-corrected chi connectivity index (χ4v) is 4.04. The van der Waals surface area contributed by atoms with Crippen LogP contribution in [0.5, 0.6) is 0 Å². The smallest absolute Gasteiger partial charge is 0.251 e. The zero-order valence-corrected chi connectivity index (χ0v) is 15.1. The molecule has 2 saturated heterocycles. The van der Waals surface area contributed by atoms with Crippen molar-refractivity contribution in [3.05, 3.63) is 30.1 Å². The van der Waals surface area contributed by atoms with E-state index in [0.717, 1.165) is 57.6 Å². The van der Waals surface area contributed by atoms with Crippen LogP contribution in [0.15, 0.2) is 24.4 Å². The van der Waals surface area contributed by atoms with Gasteiger partial charge in [0.1, 0.15) is 0 Å². The zero-order valence-electron chi connectivity index (χ0n) is 15.1. The number of nitrogens with one attached hydrogen (secondary N) is 1. The maximum absolute atomic E-state index is 12.5. The number of hydrogen-bond donors (Lipinski definition) is 1. The largest absolute Gasteiger partial charge is 0.350 e. The minimum Gasteiger partial charge on any atom is -0.350 e. The van der Waals surface area contributed by atoms with Gasteiger partial charge in [-0.1, -0.05) is 6.07 Å². The fraction of sp³-hybridized carbons (Fsp3) is 0.684. The van der Waals surface area contributed by atoms with E-state index in [4.69, 9.17) is 0 Å². The molecule has 0 saturated carbocycles. The lowest BCUT2D eigenvalue weighted by molar-refractivity contribution is -0.127. The summed E-state index contributed by atoms with van der Waals surface area (Å²) >= 11 is 0. The Labute approximate surface area is 153 Å². The third kappa shape index (κ3) is 5.45. The second kappa shape index (κ2) is 9.37. The fourth-order valence-electron chi connectivity index (χ4n) is 4.04. The molecule has 1 amide bonds. The molecule has 7 heteroatoms. The Bertz CT molecular complexity index is 564. The summed E-state index contributed by atoms with van der Waals surface area (Å²) in [6.45, 7) is 3.56. The highest BCUT2D eigenvalue weighted by Crippen LogP contribution is 2.24. The highest BCUT2D eigenvalue weighted by atomic mass is 19.3. The second-order valence-electron chi connectivity index (χ2n) is 7.30.